The van der Waals surface area contributed by atoms with Crippen molar-refractivity contribution in [3.05, 3.63) is 93.1 Å². The van der Waals surface area contributed by atoms with E-state index in [2.05, 4.69) is 29.7 Å². The Labute approximate surface area is 213 Å². The molecule has 0 radical (unpaired) electrons. The van der Waals surface area contributed by atoms with Gasteiger partial charge in [-0.05, 0) is 72.5 Å². The van der Waals surface area contributed by atoms with Crippen LogP contribution in [0.5, 0.6) is 11.5 Å². The number of carbonyl (C=O) groups excluding carboxylic acids is 1. The molecule has 1 fully saturated rings. The summed E-state index contributed by atoms with van der Waals surface area (Å²) in [6, 6.07) is 17.7. The molecule has 0 bridgehead atoms. The number of halogens is 2. The second-order valence-corrected chi connectivity index (χ2v) is 9.41. The minimum Gasteiger partial charge on any atom is -0.490 e. The van der Waals surface area contributed by atoms with E-state index in [9.17, 15) is 9.18 Å². The molecule has 3 aromatic carbocycles. The molecule has 1 saturated heterocycles. The van der Waals surface area contributed by atoms with Crippen molar-refractivity contribution in [2.24, 2.45) is 0 Å². The molecular formula is C27H26ClFN2O3S. The molecule has 182 valence electrons. The van der Waals surface area contributed by atoms with E-state index in [1.165, 1.54) is 29.5 Å². The summed E-state index contributed by atoms with van der Waals surface area (Å²) in [6.07, 6.45) is 2.75. The van der Waals surface area contributed by atoms with Gasteiger partial charge in [0.25, 0.3) is 5.91 Å². The second kappa shape index (κ2) is 11.5. The van der Waals surface area contributed by atoms with Crippen molar-refractivity contribution in [1.82, 2.24) is 5.32 Å². The first-order valence-electron chi connectivity index (χ1n) is 11.3. The van der Waals surface area contributed by atoms with Gasteiger partial charge in [0, 0.05) is 5.69 Å². The van der Waals surface area contributed by atoms with Gasteiger partial charge in [-0.15, -0.1) is 0 Å². The van der Waals surface area contributed by atoms with Gasteiger partial charge < -0.3 is 20.1 Å². The Balaban J connectivity index is 1.48. The summed E-state index contributed by atoms with van der Waals surface area (Å²) in [5.74, 6) is 0.407. The summed E-state index contributed by atoms with van der Waals surface area (Å²) in [5, 5.41) is 6.62. The number of ether oxygens (including phenoxy) is 2. The number of hydrogen-bond acceptors (Lipinski definition) is 5. The largest absolute Gasteiger partial charge is 0.490 e. The fourth-order valence-electron chi connectivity index (χ4n) is 3.52. The van der Waals surface area contributed by atoms with Crippen LogP contribution in [0.25, 0.3) is 6.08 Å². The SMILES string of the molecule is CCOc1cc(/C=C2\S[C@H](Nc3ccc(CC)cc3)NC2=O)cc(Cl)c1OCc1ccc(F)cc1. The lowest BCUT2D eigenvalue weighted by Gasteiger charge is -2.15. The molecule has 1 aliphatic heterocycles. The number of aryl methyl sites for hydroxylation is 1. The predicted octanol–water partition coefficient (Wildman–Crippen LogP) is 6.62. The Hall–Kier alpha value is -3.16. The number of benzene rings is 3. The molecule has 0 aromatic heterocycles. The highest BCUT2D eigenvalue weighted by Gasteiger charge is 2.27. The lowest BCUT2D eigenvalue weighted by atomic mass is 10.1. The molecule has 1 aliphatic rings. The second-order valence-electron chi connectivity index (χ2n) is 7.85. The third kappa shape index (κ3) is 6.50. The Morgan fingerprint density at radius 2 is 1.77 bits per heavy atom. The van der Waals surface area contributed by atoms with Crippen molar-refractivity contribution < 1.29 is 18.7 Å². The summed E-state index contributed by atoms with van der Waals surface area (Å²) in [5.41, 5.74) is 3.44. The summed E-state index contributed by atoms with van der Waals surface area (Å²) < 4.78 is 24.8. The molecule has 1 heterocycles. The van der Waals surface area contributed by atoms with E-state index in [0.29, 0.717) is 28.0 Å². The smallest absolute Gasteiger partial charge is 0.260 e. The summed E-state index contributed by atoms with van der Waals surface area (Å²) in [4.78, 5) is 13.1. The third-order valence-electron chi connectivity index (χ3n) is 5.32. The van der Waals surface area contributed by atoms with Gasteiger partial charge in [0.15, 0.2) is 17.0 Å². The molecule has 0 aliphatic carbocycles. The zero-order valence-corrected chi connectivity index (χ0v) is 21.0. The number of amides is 1. The first-order valence-corrected chi connectivity index (χ1v) is 12.6. The van der Waals surface area contributed by atoms with E-state index in [4.69, 9.17) is 21.1 Å². The van der Waals surface area contributed by atoms with Crippen molar-refractivity contribution in [1.29, 1.82) is 0 Å². The van der Waals surface area contributed by atoms with Crippen molar-refractivity contribution in [3.8, 4) is 11.5 Å². The summed E-state index contributed by atoms with van der Waals surface area (Å²) >= 11 is 7.93. The van der Waals surface area contributed by atoms with Gasteiger partial charge >= 0.3 is 0 Å². The Morgan fingerprint density at radius 3 is 2.46 bits per heavy atom. The molecule has 0 saturated carbocycles. The maximum Gasteiger partial charge on any atom is 0.260 e. The number of rotatable bonds is 9. The molecule has 0 spiro atoms. The zero-order valence-electron chi connectivity index (χ0n) is 19.4. The van der Waals surface area contributed by atoms with Crippen LogP contribution in [0.2, 0.25) is 5.02 Å². The van der Waals surface area contributed by atoms with Crippen LogP contribution in [0.3, 0.4) is 0 Å². The fraction of sp³-hybridized carbons (Fsp3) is 0.222. The molecule has 8 heteroatoms. The number of nitrogens with one attached hydrogen (secondary N) is 2. The minimum atomic E-state index is -0.306. The van der Waals surface area contributed by atoms with Crippen LogP contribution in [-0.2, 0) is 17.8 Å². The molecule has 4 rings (SSSR count). The van der Waals surface area contributed by atoms with Crippen LogP contribution in [0, 0.1) is 5.82 Å². The Kier molecular flexibility index (Phi) is 8.21. The van der Waals surface area contributed by atoms with Crippen LogP contribution in [0.4, 0.5) is 10.1 Å². The van der Waals surface area contributed by atoms with Crippen LogP contribution in [-0.4, -0.2) is 18.0 Å². The quantitative estimate of drug-likeness (QED) is 0.315. The standard InChI is InChI=1S/C27H26ClFN2O3S/c1-3-17-7-11-21(12-8-17)30-27-31-26(32)24(35-27)15-19-13-22(28)25(23(14-19)33-4-2)34-16-18-5-9-20(29)10-6-18/h5-15,27,30H,3-4,16H2,1-2H3,(H,31,32)/b24-15-/t27-/m1/s1. The number of carbonyl (C=O) groups is 1. The molecule has 2 N–H and O–H groups in total. The third-order valence-corrected chi connectivity index (χ3v) is 6.63. The van der Waals surface area contributed by atoms with Crippen molar-refractivity contribution in [3.63, 3.8) is 0 Å². The van der Waals surface area contributed by atoms with Crippen LogP contribution < -0.4 is 20.1 Å². The first-order chi connectivity index (χ1) is 16.9. The van der Waals surface area contributed by atoms with Gasteiger partial charge in [0.2, 0.25) is 0 Å². The van der Waals surface area contributed by atoms with Gasteiger partial charge in [-0.25, -0.2) is 4.39 Å². The van der Waals surface area contributed by atoms with Gasteiger partial charge in [0.05, 0.1) is 16.5 Å². The van der Waals surface area contributed by atoms with Gasteiger partial charge in [-0.1, -0.05) is 54.6 Å². The summed E-state index contributed by atoms with van der Waals surface area (Å²) in [7, 11) is 0. The predicted molar refractivity (Wildman–Crippen MR) is 140 cm³/mol. The van der Waals surface area contributed by atoms with Gasteiger partial charge in [-0.2, -0.15) is 0 Å². The molecule has 1 atom stereocenters. The normalized spacial score (nSPS) is 16.3. The fourth-order valence-corrected chi connectivity index (χ4v) is 4.77. The summed E-state index contributed by atoms with van der Waals surface area (Å²) in [6.45, 7) is 4.61. The van der Waals surface area contributed by atoms with E-state index in [1.54, 1.807) is 30.3 Å². The molecular weight excluding hydrogens is 487 g/mol. The Morgan fingerprint density at radius 1 is 1.06 bits per heavy atom. The Bertz CT molecular complexity index is 1220. The lowest BCUT2D eigenvalue weighted by Crippen LogP contribution is -2.30. The van der Waals surface area contributed by atoms with Gasteiger partial charge in [-0.3, -0.25) is 4.79 Å². The number of thioether (sulfide) groups is 1. The van der Waals surface area contributed by atoms with Crippen molar-refractivity contribution in [2.75, 3.05) is 11.9 Å². The molecule has 3 aromatic rings. The monoisotopic (exact) mass is 512 g/mol. The molecule has 1 amide bonds. The van der Waals surface area contributed by atoms with E-state index in [0.717, 1.165) is 23.2 Å². The van der Waals surface area contributed by atoms with E-state index in [1.807, 2.05) is 19.1 Å². The molecule has 5 nitrogen and oxygen atoms in total. The maximum atomic E-state index is 13.2. The minimum absolute atomic E-state index is 0.164. The van der Waals surface area contributed by atoms with E-state index >= 15 is 0 Å². The topological polar surface area (TPSA) is 59.6 Å². The van der Waals surface area contributed by atoms with E-state index < -0.39 is 0 Å². The van der Waals surface area contributed by atoms with Crippen molar-refractivity contribution in [2.45, 2.75) is 32.4 Å². The van der Waals surface area contributed by atoms with E-state index in [-0.39, 0.29) is 23.8 Å². The first kappa shape index (κ1) is 24.9. The van der Waals surface area contributed by atoms with Gasteiger partial charge in [0.1, 0.15) is 12.4 Å². The highest BCUT2D eigenvalue weighted by atomic mass is 35.5. The molecule has 0 unspecified atom stereocenters. The van der Waals surface area contributed by atoms with Crippen LogP contribution in [0.1, 0.15) is 30.5 Å². The van der Waals surface area contributed by atoms with Crippen LogP contribution >= 0.6 is 23.4 Å². The average molecular weight is 513 g/mol. The highest BCUT2D eigenvalue weighted by molar-refractivity contribution is 8.05. The molecule has 35 heavy (non-hydrogen) atoms. The maximum absolute atomic E-state index is 13.2. The zero-order chi connectivity index (χ0) is 24.8. The average Bonchev–Trinajstić information content (AvgIpc) is 3.18. The van der Waals surface area contributed by atoms with Crippen molar-refractivity contribution >= 4 is 41.0 Å². The number of anilines is 1. The highest BCUT2D eigenvalue weighted by Crippen LogP contribution is 2.39. The van der Waals surface area contributed by atoms with Crippen LogP contribution in [0.15, 0.2) is 65.6 Å². The number of hydrogen-bond donors (Lipinski definition) is 2. The lowest BCUT2D eigenvalue weighted by molar-refractivity contribution is -0.116.